The van der Waals surface area contributed by atoms with Crippen LogP contribution in [0.4, 0.5) is 0 Å². The van der Waals surface area contributed by atoms with Crippen molar-refractivity contribution in [2.45, 2.75) is 38.0 Å². The number of benzene rings is 1. The van der Waals surface area contributed by atoms with Gasteiger partial charge in [-0.3, -0.25) is 9.59 Å². The Morgan fingerprint density at radius 2 is 2.10 bits per heavy atom. The SMILES string of the molecule is O=C(CCSCc1nc2sc3c(c2c(=O)[nH]1)CCC3)NCc1nc2ccccc2s1. The van der Waals surface area contributed by atoms with Gasteiger partial charge in [-0.2, -0.15) is 11.8 Å². The van der Waals surface area contributed by atoms with Crippen molar-refractivity contribution in [2.75, 3.05) is 5.75 Å². The first kappa shape index (κ1) is 19.7. The Morgan fingerprint density at radius 1 is 1.20 bits per heavy atom. The van der Waals surface area contributed by atoms with E-state index in [1.807, 2.05) is 24.3 Å². The fourth-order valence-corrected chi connectivity index (χ4v) is 6.70. The number of thiophene rings is 1. The Kier molecular flexibility index (Phi) is 5.58. The van der Waals surface area contributed by atoms with Crippen molar-refractivity contribution < 1.29 is 4.79 Å². The van der Waals surface area contributed by atoms with E-state index in [1.165, 1.54) is 10.4 Å². The molecule has 9 heteroatoms. The monoisotopic (exact) mass is 456 g/mol. The number of amides is 1. The van der Waals surface area contributed by atoms with Crippen molar-refractivity contribution in [3.63, 3.8) is 0 Å². The highest BCUT2D eigenvalue weighted by Crippen LogP contribution is 2.34. The van der Waals surface area contributed by atoms with Gasteiger partial charge in [-0.1, -0.05) is 12.1 Å². The van der Waals surface area contributed by atoms with Crippen LogP contribution < -0.4 is 10.9 Å². The van der Waals surface area contributed by atoms with Gasteiger partial charge in [0.2, 0.25) is 5.91 Å². The van der Waals surface area contributed by atoms with Crippen LogP contribution >= 0.6 is 34.4 Å². The first-order valence-corrected chi connectivity index (χ1v) is 12.7. The molecule has 1 amide bonds. The third-order valence-electron chi connectivity index (χ3n) is 5.11. The van der Waals surface area contributed by atoms with Crippen LogP contribution in [-0.4, -0.2) is 26.6 Å². The van der Waals surface area contributed by atoms with Crippen molar-refractivity contribution in [2.24, 2.45) is 0 Å². The Bertz CT molecular complexity index is 1260. The molecule has 0 saturated heterocycles. The van der Waals surface area contributed by atoms with E-state index in [-0.39, 0.29) is 11.5 Å². The van der Waals surface area contributed by atoms with Crippen LogP contribution in [0.3, 0.4) is 0 Å². The van der Waals surface area contributed by atoms with Crippen LogP contribution in [0.25, 0.3) is 20.4 Å². The summed E-state index contributed by atoms with van der Waals surface area (Å²) in [6.07, 6.45) is 3.61. The topological polar surface area (TPSA) is 87.7 Å². The van der Waals surface area contributed by atoms with Crippen LogP contribution in [0.5, 0.6) is 0 Å². The average Bonchev–Trinajstić information content (AvgIpc) is 3.43. The number of nitrogens with one attached hydrogen (secondary N) is 2. The minimum Gasteiger partial charge on any atom is -0.350 e. The third-order valence-corrected chi connectivity index (χ3v) is 8.30. The predicted molar refractivity (Wildman–Crippen MR) is 125 cm³/mol. The number of hydrogen-bond donors (Lipinski definition) is 2. The number of aromatic amines is 1. The highest BCUT2D eigenvalue weighted by Gasteiger charge is 2.21. The van der Waals surface area contributed by atoms with Crippen molar-refractivity contribution >= 4 is 60.8 Å². The molecule has 154 valence electrons. The smallest absolute Gasteiger partial charge is 0.259 e. The molecule has 0 radical (unpaired) electrons. The van der Waals surface area contributed by atoms with E-state index in [2.05, 4.69) is 20.3 Å². The Morgan fingerprint density at radius 3 is 3.00 bits per heavy atom. The largest absolute Gasteiger partial charge is 0.350 e. The molecule has 0 atom stereocenters. The maximum absolute atomic E-state index is 12.5. The van der Waals surface area contributed by atoms with Crippen LogP contribution in [0.2, 0.25) is 0 Å². The molecule has 0 bridgehead atoms. The lowest BCUT2D eigenvalue weighted by Crippen LogP contribution is -2.23. The molecule has 0 aliphatic heterocycles. The van der Waals surface area contributed by atoms with E-state index in [1.54, 1.807) is 34.4 Å². The number of fused-ring (bicyclic) bond motifs is 4. The number of hydrogen-bond acceptors (Lipinski definition) is 7. The van der Waals surface area contributed by atoms with Gasteiger partial charge in [0.15, 0.2) is 0 Å². The Balaban J connectivity index is 1.11. The zero-order chi connectivity index (χ0) is 20.5. The zero-order valence-electron chi connectivity index (χ0n) is 16.2. The number of thiazole rings is 1. The van der Waals surface area contributed by atoms with Gasteiger partial charge in [0, 0.05) is 17.1 Å². The molecule has 30 heavy (non-hydrogen) atoms. The van der Waals surface area contributed by atoms with E-state index in [0.29, 0.717) is 30.3 Å². The number of aromatic nitrogens is 3. The normalized spacial score (nSPS) is 13.2. The van der Waals surface area contributed by atoms with Crippen LogP contribution in [-0.2, 0) is 29.9 Å². The highest BCUT2D eigenvalue weighted by atomic mass is 32.2. The highest BCUT2D eigenvalue weighted by molar-refractivity contribution is 7.98. The average molecular weight is 457 g/mol. The van der Waals surface area contributed by atoms with Crippen molar-refractivity contribution in [1.29, 1.82) is 0 Å². The molecular weight excluding hydrogens is 436 g/mol. The predicted octanol–water partition coefficient (Wildman–Crippen LogP) is 4.02. The van der Waals surface area contributed by atoms with E-state index in [0.717, 1.165) is 44.7 Å². The van der Waals surface area contributed by atoms with Crippen molar-refractivity contribution in [3.8, 4) is 0 Å². The molecule has 4 aromatic rings. The lowest BCUT2D eigenvalue weighted by Gasteiger charge is -2.04. The summed E-state index contributed by atoms with van der Waals surface area (Å²) in [5, 5.41) is 4.64. The van der Waals surface area contributed by atoms with Gasteiger partial charge in [-0.05, 0) is 37.0 Å². The molecular formula is C21H20N4O2S3. The standard InChI is InChI=1S/C21H20N4O2S3/c26-17(22-10-18-23-13-5-1-2-6-15(13)29-18)8-9-28-11-16-24-20(27)19-12-4-3-7-14(12)30-21(19)25-16/h1-2,5-6H,3-4,7-11H2,(H,22,26)(H,24,25,27). The quantitative estimate of drug-likeness (QED) is 0.410. The van der Waals surface area contributed by atoms with Gasteiger partial charge in [0.1, 0.15) is 15.7 Å². The number of rotatable bonds is 7. The number of thioether (sulfide) groups is 1. The lowest BCUT2D eigenvalue weighted by molar-refractivity contribution is -0.120. The summed E-state index contributed by atoms with van der Waals surface area (Å²) in [5.41, 5.74) is 2.15. The molecule has 0 spiro atoms. The maximum Gasteiger partial charge on any atom is 0.259 e. The molecule has 1 aromatic carbocycles. The number of carbonyl (C=O) groups is 1. The zero-order valence-corrected chi connectivity index (χ0v) is 18.6. The second kappa shape index (κ2) is 8.49. The fourth-order valence-electron chi connectivity index (χ4n) is 3.71. The first-order chi connectivity index (χ1) is 14.7. The maximum atomic E-state index is 12.5. The molecule has 1 aliphatic rings. The molecule has 5 rings (SSSR count). The van der Waals surface area contributed by atoms with Crippen molar-refractivity contribution in [1.82, 2.24) is 20.3 Å². The van der Waals surface area contributed by atoms with Gasteiger partial charge in [-0.25, -0.2) is 9.97 Å². The summed E-state index contributed by atoms with van der Waals surface area (Å²) in [7, 11) is 0. The molecule has 0 unspecified atom stereocenters. The summed E-state index contributed by atoms with van der Waals surface area (Å²) >= 11 is 4.87. The minimum atomic E-state index is -0.0245. The number of nitrogens with zero attached hydrogens (tertiary/aromatic N) is 2. The molecule has 0 fully saturated rings. The summed E-state index contributed by atoms with van der Waals surface area (Å²) in [5.74, 6) is 1.97. The molecule has 6 nitrogen and oxygen atoms in total. The number of carbonyl (C=O) groups excluding carboxylic acids is 1. The molecule has 1 aliphatic carbocycles. The Labute approximate surface area is 185 Å². The van der Waals surface area contributed by atoms with Gasteiger partial charge < -0.3 is 10.3 Å². The summed E-state index contributed by atoms with van der Waals surface area (Å²) < 4.78 is 1.13. The fraction of sp³-hybridized carbons (Fsp3) is 0.333. The van der Waals surface area contributed by atoms with Gasteiger partial charge >= 0.3 is 0 Å². The van der Waals surface area contributed by atoms with E-state index in [9.17, 15) is 9.59 Å². The van der Waals surface area contributed by atoms with Crippen LogP contribution in [0.1, 0.15) is 34.1 Å². The Hall–Kier alpha value is -2.23. The molecule has 2 N–H and O–H groups in total. The van der Waals surface area contributed by atoms with E-state index < -0.39 is 0 Å². The van der Waals surface area contributed by atoms with E-state index >= 15 is 0 Å². The lowest BCUT2D eigenvalue weighted by atomic mass is 10.2. The second-order valence-electron chi connectivity index (χ2n) is 7.20. The van der Waals surface area contributed by atoms with E-state index in [4.69, 9.17) is 0 Å². The second-order valence-corrected chi connectivity index (χ2v) is 10.5. The van der Waals surface area contributed by atoms with Gasteiger partial charge in [0.25, 0.3) is 5.56 Å². The summed E-state index contributed by atoms with van der Waals surface area (Å²) in [6.45, 7) is 0.456. The number of H-pyrrole nitrogens is 1. The summed E-state index contributed by atoms with van der Waals surface area (Å²) in [6, 6.07) is 7.97. The van der Waals surface area contributed by atoms with Gasteiger partial charge in [-0.15, -0.1) is 22.7 Å². The van der Waals surface area contributed by atoms with Crippen molar-refractivity contribution in [3.05, 3.63) is 55.9 Å². The molecule has 3 heterocycles. The van der Waals surface area contributed by atoms with Gasteiger partial charge in [0.05, 0.1) is 27.9 Å². The molecule has 0 saturated carbocycles. The first-order valence-electron chi connectivity index (χ1n) is 9.90. The number of aryl methyl sites for hydroxylation is 2. The molecule has 3 aromatic heterocycles. The summed E-state index contributed by atoms with van der Waals surface area (Å²) in [4.78, 5) is 38.9. The minimum absolute atomic E-state index is 0.00772. The third kappa shape index (κ3) is 4.01. The van der Waals surface area contributed by atoms with Crippen LogP contribution in [0, 0.1) is 0 Å². The van der Waals surface area contributed by atoms with Crippen LogP contribution in [0.15, 0.2) is 29.1 Å². The number of para-hydroxylation sites is 1.